The number of halogens is 1. The maximum absolute atomic E-state index is 5.64. The fraction of sp³-hybridized carbons (Fsp3) is 0.778. The number of ether oxygens (including phenoxy) is 1. The van der Waals surface area contributed by atoms with Gasteiger partial charge in [0.25, 0.3) is 0 Å². The molecular weight excluding hydrogens is 461 g/mol. The van der Waals surface area contributed by atoms with Gasteiger partial charge >= 0.3 is 0 Å². The van der Waals surface area contributed by atoms with Crippen LogP contribution < -0.4 is 10.6 Å². The fourth-order valence-corrected chi connectivity index (χ4v) is 4.47. The predicted octanol–water partition coefficient (Wildman–Crippen LogP) is 2.77. The highest BCUT2D eigenvalue weighted by Gasteiger charge is 2.39. The van der Waals surface area contributed by atoms with Crippen molar-refractivity contribution < 1.29 is 4.74 Å². The van der Waals surface area contributed by atoms with E-state index in [1.807, 2.05) is 6.20 Å². The number of aromatic nitrogens is 1. The van der Waals surface area contributed by atoms with Gasteiger partial charge in [-0.3, -0.25) is 4.90 Å². The molecule has 2 aliphatic heterocycles. The normalized spacial score (nSPS) is 20.6. The van der Waals surface area contributed by atoms with Crippen molar-refractivity contribution in [3.8, 4) is 0 Å². The van der Waals surface area contributed by atoms with Crippen LogP contribution in [-0.2, 0) is 11.3 Å². The van der Waals surface area contributed by atoms with Crippen LogP contribution in [0.15, 0.2) is 11.2 Å². The summed E-state index contributed by atoms with van der Waals surface area (Å²) in [7, 11) is 0. The number of aliphatic imine (C=N–C) groups is 1. The lowest BCUT2D eigenvalue weighted by Crippen LogP contribution is -2.58. The molecule has 6 nitrogen and oxygen atoms in total. The summed E-state index contributed by atoms with van der Waals surface area (Å²) in [6.07, 6.45) is 6.76. The van der Waals surface area contributed by atoms with E-state index in [0.29, 0.717) is 6.54 Å². The zero-order valence-electron chi connectivity index (χ0n) is 15.9. The second-order valence-corrected chi connectivity index (χ2v) is 8.26. The molecule has 148 valence electrons. The summed E-state index contributed by atoms with van der Waals surface area (Å²) < 4.78 is 5.64. The third-order valence-corrected chi connectivity index (χ3v) is 6.07. The van der Waals surface area contributed by atoms with Gasteiger partial charge in [-0.1, -0.05) is 0 Å². The molecule has 0 radical (unpaired) electrons. The highest BCUT2D eigenvalue weighted by molar-refractivity contribution is 14.0. The predicted molar refractivity (Wildman–Crippen MR) is 119 cm³/mol. The molecule has 8 heteroatoms. The zero-order valence-corrected chi connectivity index (χ0v) is 19.1. The first-order valence-corrected chi connectivity index (χ1v) is 10.3. The van der Waals surface area contributed by atoms with Gasteiger partial charge in [0.05, 0.1) is 6.54 Å². The van der Waals surface area contributed by atoms with Crippen molar-refractivity contribution in [3.05, 3.63) is 16.1 Å². The zero-order chi connectivity index (χ0) is 17.5. The van der Waals surface area contributed by atoms with Gasteiger partial charge in [-0.25, -0.2) is 9.98 Å². The molecule has 2 aliphatic rings. The van der Waals surface area contributed by atoms with E-state index >= 15 is 0 Å². The average molecular weight is 493 g/mol. The number of hydrogen-bond acceptors (Lipinski definition) is 5. The van der Waals surface area contributed by atoms with E-state index in [-0.39, 0.29) is 29.5 Å². The van der Waals surface area contributed by atoms with Gasteiger partial charge in [0.2, 0.25) is 0 Å². The van der Waals surface area contributed by atoms with Crippen LogP contribution in [-0.4, -0.2) is 60.8 Å². The first-order chi connectivity index (χ1) is 12.2. The Morgan fingerprint density at radius 1 is 1.31 bits per heavy atom. The third kappa shape index (κ3) is 5.77. The Morgan fingerprint density at radius 2 is 2.04 bits per heavy atom. The summed E-state index contributed by atoms with van der Waals surface area (Å²) in [6.45, 7) is 10.8. The van der Waals surface area contributed by atoms with Crippen molar-refractivity contribution in [2.45, 2.75) is 51.6 Å². The second-order valence-electron chi connectivity index (χ2n) is 6.94. The van der Waals surface area contributed by atoms with Gasteiger partial charge < -0.3 is 15.4 Å². The molecule has 26 heavy (non-hydrogen) atoms. The van der Waals surface area contributed by atoms with Crippen LogP contribution in [0.25, 0.3) is 0 Å². The highest BCUT2D eigenvalue weighted by Crippen LogP contribution is 2.30. The van der Waals surface area contributed by atoms with Crippen LogP contribution in [0.3, 0.4) is 0 Å². The Balaban J connectivity index is 0.00000243. The van der Waals surface area contributed by atoms with Gasteiger partial charge in [-0.2, -0.15) is 0 Å². The van der Waals surface area contributed by atoms with Crippen molar-refractivity contribution in [1.82, 2.24) is 20.5 Å². The number of rotatable bonds is 6. The molecular formula is C18H32IN5OS. The average Bonchev–Trinajstić information content (AvgIpc) is 3.30. The van der Waals surface area contributed by atoms with Crippen LogP contribution in [0.4, 0.5) is 0 Å². The first-order valence-electron chi connectivity index (χ1n) is 9.48. The summed E-state index contributed by atoms with van der Waals surface area (Å²) in [4.78, 5) is 13.0. The first kappa shape index (κ1) is 21.8. The SMILES string of the molecule is CCNC(=NCc1ncc(C)s1)NCC1(N2CCCC2)CCOCC1.I. The minimum Gasteiger partial charge on any atom is -0.381 e. The minimum absolute atomic E-state index is 0. The molecule has 2 saturated heterocycles. The van der Waals surface area contributed by atoms with Gasteiger partial charge in [-0.05, 0) is 52.6 Å². The molecule has 3 rings (SSSR count). The maximum Gasteiger partial charge on any atom is 0.191 e. The summed E-state index contributed by atoms with van der Waals surface area (Å²) in [5.41, 5.74) is 0.211. The van der Waals surface area contributed by atoms with Crippen molar-refractivity contribution in [3.63, 3.8) is 0 Å². The molecule has 0 saturated carbocycles. The lowest BCUT2D eigenvalue weighted by Gasteiger charge is -2.45. The number of aryl methyl sites for hydroxylation is 1. The molecule has 2 N–H and O–H groups in total. The lowest BCUT2D eigenvalue weighted by molar-refractivity contribution is -0.0164. The molecule has 3 heterocycles. The quantitative estimate of drug-likeness (QED) is 0.363. The summed E-state index contributed by atoms with van der Waals surface area (Å²) >= 11 is 1.72. The van der Waals surface area contributed by atoms with Crippen LogP contribution in [0, 0.1) is 6.92 Å². The lowest BCUT2D eigenvalue weighted by atomic mass is 9.88. The van der Waals surface area contributed by atoms with Crippen molar-refractivity contribution in [2.24, 2.45) is 4.99 Å². The Bertz CT molecular complexity index is 568. The van der Waals surface area contributed by atoms with E-state index in [2.05, 4.69) is 34.4 Å². The van der Waals surface area contributed by atoms with Crippen LogP contribution in [0.2, 0.25) is 0 Å². The molecule has 2 fully saturated rings. The Labute approximate surface area is 178 Å². The summed E-state index contributed by atoms with van der Waals surface area (Å²) in [6, 6.07) is 0. The standard InChI is InChI=1S/C18H31N5OS.HI/c1-3-19-17(21-13-16-20-12-15(2)25-16)22-14-18(6-10-24-11-7-18)23-8-4-5-9-23;/h12H,3-11,13-14H2,1-2H3,(H2,19,21,22);1H. The molecule has 0 amide bonds. The smallest absolute Gasteiger partial charge is 0.191 e. The van der Waals surface area contributed by atoms with Gasteiger partial charge in [-0.15, -0.1) is 35.3 Å². The number of thiazole rings is 1. The number of hydrogen-bond donors (Lipinski definition) is 2. The van der Waals surface area contributed by atoms with Crippen molar-refractivity contribution >= 4 is 41.3 Å². The minimum atomic E-state index is 0. The van der Waals surface area contributed by atoms with E-state index in [4.69, 9.17) is 9.73 Å². The number of likely N-dealkylation sites (tertiary alicyclic amines) is 1. The number of nitrogens with zero attached hydrogens (tertiary/aromatic N) is 3. The van der Waals surface area contributed by atoms with E-state index in [9.17, 15) is 0 Å². The molecule has 0 atom stereocenters. The van der Waals surface area contributed by atoms with Gasteiger partial charge in [0.15, 0.2) is 5.96 Å². The van der Waals surface area contributed by atoms with E-state index in [1.165, 1.54) is 30.8 Å². The molecule has 0 bridgehead atoms. The Kier molecular flexibility index (Phi) is 9.05. The molecule has 0 unspecified atom stereocenters. The molecule has 0 aromatic carbocycles. The topological polar surface area (TPSA) is 61.8 Å². The third-order valence-electron chi connectivity index (χ3n) is 5.17. The van der Waals surface area contributed by atoms with Crippen molar-refractivity contribution in [2.75, 3.05) is 39.4 Å². The number of nitrogens with one attached hydrogen (secondary N) is 2. The van der Waals surface area contributed by atoms with Crippen LogP contribution in [0.1, 0.15) is 42.5 Å². The summed E-state index contributed by atoms with van der Waals surface area (Å²) in [5, 5.41) is 8.04. The van der Waals surface area contributed by atoms with Crippen LogP contribution >= 0.6 is 35.3 Å². The van der Waals surface area contributed by atoms with Gasteiger partial charge in [0.1, 0.15) is 5.01 Å². The van der Waals surface area contributed by atoms with Crippen LogP contribution in [0.5, 0.6) is 0 Å². The molecule has 1 aromatic heterocycles. The molecule has 0 spiro atoms. The molecule has 0 aliphatic carbocycles. The maximum atomic E-state index is 5.64. The van der Waals surface area contributed by atoms with E-state index in [0.717, 1.165) is 50.1 Å². The molecule has 1 aromatic rings. The summed E-state index contributed by atoms with van der Waals surface area (Å²) in [5.74, 6) is 0.889. The van der Waals surface area contributed by atoms with Gasteiger partial charge in [0, 0.05) is 42.9 Å². The Morgan fingerprint density at radius 3 is 2.65 bits per heavy atom. The second kappa shape index (κ2) is 10.8. The number of guanidine groups is 1. The largest absolute Gasteiger partial charge is 0.381 e. The Hall–Kier alpha value is -0.450. The van der Waals surface area contributed by atoms with E-state index < -0.39 is 0 Å². The van der Waals surface area contributed by atoms with E-state index in [1.54, 1.807) is 11.3 Å². The monoisotopic (exact) mass is 493 g/mol. The fourth-order valence-electron chi connectivity index (χ4n) is 3.76. The highest BCUT2D eigenvalue weighted by atomic mass is 127. The van der Waals surface area contributed by atoms with Crippen molar-refractivity contribution in [1.29, 1.82) is 0 Å².